The summed E-state index contributed by atoms with van der Waals surface area (Å²) < 4.78 is 0. The second-order valence-electron chi connectivity index (χ2n) is 5.42. The van der Waals surface area contributed by atoms with Crippen molar-refractivity contribution in [3.05, 3.63) is 47.5 Å². The maximum Gasteiger partial charge on any atom is 0.0823 e. The van der Waals surface area contributed by atoms with Crippen LogP contribution in [-0.4, -0.2) is 23.8 Å². The van der Waals surface area contributed by atoms with E-state index in [0.29, 0.717) is 6.54 Å². The van der Waals surface area contributed by atoms with Gasteiger partial charge in [-0.25, -0.2) is 0 Å². The standard InChI is InChI=1S/C16H19NO/c1-12-6-7-13(10-16(18)8-9-17-11-16)15-5-3-2-4-14(12)15/h2-7,17-18H,8-11H2,1H3. The van der Waals surface area contributed by atoms with Crippen molar-refractivity contribution >= 4 is 10.8 Å². The van der Waals surface area contributed by atoms with Crippen LogP contribution in [0.5, 0.6) is 0 Å². The topological polar surface area (TPSA) is 32.3 Å². The lowest BCUT2D eigenvalue weighted by Crippen LogP contribution is -2.33. The van der Waals surface area contributed by atoms with E-state index in [9.17, 15) is 5.11 Å². The molecule has 2 heteroatoms. The zero-order chi connectivity index (χ0) is 12.6. The molecule has 2 aromatic carbocycles. The lowest BCUT2D eigenvalue weighted by atomic mass is 9.89. The molecule has 0 radical (unpaired) electrons. The second kappa shape index (κ2) is 4.38. The summed E-state index contributed by atoms with van der Waals surface area (Å²) in [6, 6.07) is 12.8. The molecular weight excluding hydrogens is 222 g/mol. The summed E-state index contributed by atoms with van der Waals surface area (Å²) in [5, 5.41) is 16.3. The fraction of sp³-hybridized carbons (Fsp3) is 0.375. The molecule has 0 amide bonds. The molecule has 2 aromatic rings. The molecule has 1 saturated heterocycles. The predicted molar refractivity (Wildman–Crippen MR) is 74.8 cm³/mol. The van der Waals surface area contributed by atoms with E-state index in [-0.39, 0.29) is 0 Å². The van der Waals surface area contributed by atoms with E-state index < -0.39 is 5.60 Å². The van der Waals surface area contributed by atoms with Crippen molar-refractivity contribution in [3.63, 3.8) is 0 Å². The van der Waals surface area contributed by atoms with Gasteiger partial charge in [0.1, 0.15) is 0 Å². The van der Waals surface area contributed by atoms with Crippen LogP contribution in [-0.2, 0) is 6.42 Å². The van der Waals surface area contributed by atoms with Gasteiger partial charge in [0.25, 0.3) is 0 Å². The highest BCUT2D eigenvalue weighted by atomic mass is 16.3. The van der Waals surface area contributed by atoms with E-state index >= 15 is 0 Å². The Morgan fingerprint density at radius 2 is 1.94 bits per heavy atom. The number of rotatable bonds is 2. The van der Waals surface area contributed by atoms with Crippen molar-refractivity contribution in [2.24, 2.45) is 0 Å². The number of benzene rings is 2. The number of nitrogens with one attached hydrogen (secondary N) is 1. The average molecular weight is 241 g/mol. The van der Waals surface area contributed by atoms with E-state index in [2.05, 4.69) is 48.6 Å². The van der Waals surface area contributed by atoms with Crippen molar-refractivity contribution in [2.45, 2.75) is 25.4 Å². The van der Waals surface area contributed by atoms with E-state index in [1.807, 2.05) is 0 Å². The van der Waals surface area contributed by atoms with Crippen LogP contribution in [0.3, 0.4) is 0 Å². The molecule has 1 aliphatic rings. The quantitative estimate of drug-likeness (QED) is 0.846. The number of β-amino-alcohol motifs (C(OH)–C–C–N with tert-alkyl or cyclic N) is 1. The number of hydrogen-bond donors (Lipinski definition) is 2. The van der Waals surface area contributed by atoms with Gasteiger partial charge in [-0.2, -0.15) is 0 Å². The zero-order valence-corrected chi connectivity index (χ0v) is 10.7. The van der Waals surface area contributed by atoms with Crippen molar-refractivity contribution in [2.75, 3.05) is 13.1 Å². The molecular formula is C16H19NO. The summed E-state index contributed by atoms with van der Waals surface area (Å²) in [5.41, 5.74) is 1.98. The molecule has 0 bridgehead atoms. The third-order valence-corrected chi connectivity index (χ3v) is 3.97. The molecule has 94 valence electrons. The lowest BCUT2D eigenvalue weighted by molar-refractivity contribution is 0.0622. The molecule has 0 aromatic heterocycles. The highest BCUT2D eigenvalue weighted by Gasteiger charge is 2.31. The Morgan fingerprint density at radius 3 is 2.67 bits per heavy atom. The van der Waals surface area contributed by atoms with Crippen LogP contribution in [0.4, 0.5) is 0 Å². The molecule has 1 aliphatic heterocycles. The molecule has 1 unspecified atom stereocenters. The van der Waals surface area contributed by atoms with Gasteiger partial charge in [0, 0.05) is 13.0 Å². The molecule has 18 heavy (non-hydrogen) atoms. The summed E-state index contributed by atoms with van der Waals surface area (Å²) >= 11 is 0. The third kappa shape index (κ3) is 2.02. The molecule has 0 aliphatic carbocycles. The van der Waals surface area contributed by atoms with E-state index in [1.54, 1.807) is 0 Å². The summed E-state index contributed by atoms with van der Waals surface area (Å²) in [4.78, 5) is 0. The van der Waals surface area contributed by atoms with Gasteiger partial charge in [-0.05, 0) is 41.8 Å². The summed E-state index contributed by atoms with van der Waals surface area (Å²) in [6.07, 6.45) is 1.58. The van der Waals surface area contributed by atoms with Gasteiger partial charge in [-0.15, -0.1) is 0 Å². The maximum absolute atomic E-state index is 10.5. The Labute approximate surface area is 108 Å². The Morgan fingerprint density at radius 1 is 1.17 bits per heavy atom. The Balaban J connectivity index is 2.04. The summed E-state index contributed by atoms with van der Waals surface area (Å²) in [6.45, 7) is 3.76. The summed E-state index contributed by atoms with van der Waals surface area (Å²) in [7, 11) is 0. The minimum absolute atomic E-state index is 0.571. The van der Waals surface area contributed by atoms with Gasteiger partial charge in [0.2, 0.25) is 0 Å². The highest BCUT2D eigenvalue weighted by Crippen LogP contribution is 2.27. The van der Waals surface area contributed by atoms with Gasteiger partial charge in [-0.3, -0.25) is 0 Å². The number of aryl methyl sites for hydroxylation is 1. The molecule has 2 nitrogen and oxygen atoms in total. The minimum atomic E-state index is -0.571. The largest absolute Gasteiger partial charge is 0.388 e. The van der Waals surface area contributed by atoms with Gasteiger partial charge < -0.3 is 10.4 Å². The third-order valence-electron chi connectivity index (χ3n) is 3.97. The molecule has 3 rings (SSSR count). The first-order valence-corrected chi connectivity index (χ1v) is 6.58. The van der Waals surface area contributed by atoms with Gasteiger partial charge >= 0.3 is 0 Å². The SMILES string of the molecule is Cc1ccc(CC2(O)CCNC2)c2ccccc12. The van der Waals surface area contributed by atoms with Crippen molar-refractivity contribution < 1.29 is 5.11 Å². The smallest absolute Gasteiger partial charge is 0.0823 e. The maximum atomic E-state index is 10.5. The first-order valence-electron chi connectivity index (χ1n) is 6.58. The van der Waals surface area contributed by atoms with E-state index in [1.165, 1.54) is 21.9 Å². The number of aliphatic hydroxyl groups is 1. The second-order valence-corrected chi connectivity index (χ2v) is 5.42. The fourth-order valence-electron chi connectivity index (χ4n) is 2.90. The normalized spacial score (nSPS) is 23.7. The number of fused-ring (bicyclic) bond motifs is 1. The van der Waals surface area contributed by atoms with Gasteiger partial charge in [0.15, 0.2) is 0 Å². The van der Waals surface area contributed by atoms with Crippen LogP contribution in [0.25, 0.3) is 10.8 Å². The Kier molecular flexibility index (Phi) is 2.84. The first-order chi connectivity index (χ1) is 8.68. The number of hydrogen-bond acceptors (Lipinski definition) is 2. The molecule has 1 fully saturated rings. The average Bonchev–Trinajstić information content (AvgIpc) is 2.80. The highest BCUT2D eigenvalue weighted by molar-refractivity contribution is 5.88. The van der Waals surface area contributed by atoms with Crippen LogP contribution < -0.4 is 5.32 Å². The van der Waals surface area contributed by atoms with E-state index in [4.69, 9.17) is 0 Å². The molecule has 0 saturated carbocycles. The van der Waals surface area contributed by atoms with Crippen LogP contribution in [0.2, 0.25) is 0 Å². The molecule has 1 heterocycles. The Hall–Kier alpha value is -1.38. The van der Waals surface area contributed by atoms with Crippen molar-refractivity contribution in [1.82, 2.24) is 5.32 Å². The molecule has 2 N–H and O–H groups in total. The zero-order valence-electron chi connectivity index (χ0n) is 10.7. The Bertz CT molecular complexity index is 570. The van der Waals surface area contributed by atoms with Gasteiger partial charge in [0.05, 0.1) is 5.60 Å². The van der Waals surface area contributed by atoms with Crippen molar-refractivity contribution in [3.8, 4) is 0 Å². The van der Waals surface area contributed by atoms with Crippen molar-refractivity contribution in [1.29, 1.82) is 0 Å². The van der Waals surface area contributed by atoms with Crippen LogP contribution in [0.15, 0.2) is 36.4 Å². The van der Waals surface area contributed by atoms with Crippen LogP contribution >= 0.6 is 0 Å². The first kappa shape index (κ1) is 11.7. The predicted octanol–water partition coefficient (Wildman–Crippen LogP) is 2.42. The van der Waals surface area contributed by atoms with Crippen LogP contribution in [0, 0.1) is 6.92 Å². The van der Waals surface area contributed by atoms with E-state index in [0.717, 1.165) is 19.4 Å². The lowest BCUT2D eigenvalue weighted by Gasteiger charge is -2.22. The fourth-order valence-corrected chi connectivity index (χ4v) is 2.90. The molecule has 1 atom stereocenters. The van der Waals surface area contributed by atoms with Crippen LogP contribution in [0.1, 0.15) is 17.5 Å². The summed E-state index contributed by atoms with van der Waals surface area (Å²) in [5.74, 6) is 0. The van der Waals surface area contributed by atoms with Gasteiger partial charge in [-0.1, -0.05) is 36.4 Å². The molecule has 0 spiro atoms. The minimum Gasteiger partial charge on any atom is -0.388 e. The monoisotopic (exact) mass is 241 g/mol.